The predicted octanol–water partition coefficient (Wildman–Crippen LogP) is 2.29. The monoisotopic (exact) mass is 298 g/mol. The highest BCUT2D eigenvalue weighted by atomic mass is 35.5. The third kappa shape index (κ3) is 2.99. The van der Waals surface area contributed by atoms with Crippen LogP contribution in [0.15, 0.2) is 10.6 Å². The minimum Gasteiger partial charge on any atom is -0.381 e. The van der Waals surface area contributed by atoms with E-state index in [4.69, 9.17) is 20.9 Å². The van der Waals surface area contributed by atoms with E-state index in [2.05, 4.69) is 5.16 Å². The number of nitrogens with zero attached hydrogens (tertiary/aromatic N) is 2. The van der Waals surface area contributed by atoms with Gasteiger partial charge in [-0.25, -0.2) is 0 Å². The molecular weight excluding hydrogens is 280 g/mol. The van der Waals surface area contributed by atoms with Crippen LogP contribution in [-0.4, -0.2) is 42.3 Å². The highest BCUT2D eigenvalue weighted by Crippen LogP contribution is 2.37. The molecule has 0 aliphatic carbocycles. The lowest BCUT2D eigenvalue weighted by Crippen LogP contribution is -2.46. The maximum atomic E-state index is 12.3. The van der Waals surface area contributed by atoms with E-state index in [1.165, 1.54) is 6.42 Å². The molecule has 0 N–H and O–H groups in total. The SMILES string of the molecule is O=C(CCc1cc(Cl)no1)N1CCCC2(CCOC2)C1. The molecular formula is C14H19ClN2O3. The van der Waals surface area contributed by atoms with Crippen LogP contribution in [0.3, 0.4) is 0 Å². The Hall–Kier alpha value is -1.07. The first kappa shape index (κ1) is 13.9. The molecule has 20 heavy (non-hydrogen) atoms. The van der Waals surface area contributed by atoms with E-state index in [0.717, 1.165) is 39.1 Å². The van der Waals surface area contributed by atoms with Crippen molar-refractivity contribution in [3.8, 4) is 0 Å². The molecule has 0 bridgehead atoms. The number of hydrogen-bond acceptors (Lipinski definition) is 4. The first-order valence-corrected chi connectivity index (χ1v) is 7.51. The number of amides is 1. The number of rotatable bonds is 3. The fourth-order valence-electron chi connectivity index (χ4n) is 3.19. The first-order chi connectivity index (χ1) is 9.67. The van der Waals surface area contributed by atoms with E-state index in [1.807, 2.05) is 4.90 Å². The lowest BCUT2D eigenvalue weighted by Gasteiger charge is -2.39. The van der Waals surface area contributed by atoms with Crippen molar-refractivity contribution in [3.63, 3.8) is 0 Å². The summed E-state index contributed by atoms with van der Waals surface area (Å²) in [5, 5.41) is 3.95. The number of likely N-dealkylation sites (tertiary alicyclic amines) is 1. The van der Waals surface area contributed by atoms with Crippen LogP contribution in [0.4, 0.5) is 0 Å². The van der Waals surface area contributed by atoms with E-state index in [0.29, 0.717) is 23.8 Å². The van der Waals surface area contributed by atoms with Gasteiger partial charge in [0.2, 0.25) is 5.91 Å². The minimum absolute atomic E-state index is 0.184. The van der Waals surface area contributed by atoms with Gasteiger partial charge < -0.3 is 14.2 Å². The normalized spacial score (nSPS) is 26.4. The van der Waals surface area contributed by atoms with E-state index in [-0.39, 0.29) is 11.3 Å². The second-order valence-electron chi connectivity index (χ2n) is 5.84. The smallest absolute Gasteiger partial charge is 0.223 e. The molecule has 2 aliphatic rings. The molecule has 0 radical (unpaired) electrons. The zero-order chi connectivity index (χ0) is 14.0. The molecule has 3 heterocycles. The summed E-state index contributed by atoms with van der Waals surface area (Å²) >= 11 is 5.69. The molecule has 0 aromatic carbocycles. The Labute approximate surface area is 123 Å². The van der Waals surface area contributed by atoms with Gasteiger partial charge in [0, 0.05) is 44.0 Å². The van der Waals surface area contributed by atoms with E-state index in [1.54, 1.807) is 6.07 Å². The highest BCUT2D eigenvalue weighted by molar-refractivity contribution is 6.29. The summed E-state index contributed by atoms with van der Waals surface area (Å²) in [5.41, 5.74) is 0.212. The molecule has 1 atom stereocenters. The lowest BCUT2D eigenvalue weighted by molar-refractivity contribution is -0.134. The number of ether oxygens (including phenoxy) is 1. The van der Waals surface area contributed by atoms with Crippen LogP contribution in [0.25, 0.3) is 0 Å². The summed E-state index contributed by atoms with van der Waals surface area (Å²) in [6.07, 6.45) is 4.33. The number of piperidine rings is 1. The lowest BCUT2D eigenvalue weighted by atomic mass is 9.79. The van der Waals surface area contributed by atoms with Crippen LogP contribution in [0.2, 0.25) is 5.15 Å². The van der Waals surface area contributed by atoms with Crippen LogP contribution in [0.1, 0.15) is 31.4 Å². The molecule has 2 aliphatic heterocycles. The van der Waals surface area contributed by atoms with Gasteiger partial charge in [0.05, 0.1) is 6.61 Å². The number of carbonyl (C=O) groups excluding carboxylic acids is 1. The number of hydrogen-bond donors (Lipinski definition) is 0. The Kier molecular flexibility index (Phi) is 3.98. The topological polar surface area (TPSA) is 55.6 Å². The second kappa shape index (κ2) is 5.74. The summed E-state index contributed by atoms with van der Waals surface area (Å²) in [6, 6.07) is 1.66. The summed E-state index contributed by atoms with van der Waals surface area (Å²) in [5.74, 6) is 0.850. The Bertz CT molecular complexity index is 483. The number of aromatic nitrogens is 1. The quantitative estimate of drug-likeness (QED) is 0.859. The zero-order valence-corrected chi connectivity index (χ0v) is 12.2. The van der Waals surface area contributed by atoms with E-state index in [9.17, 15) is 4.79 Å². The van der Waals surface area contributed by atoms with Crippen molar-refractivity contribution in [2.75, 3.05) is 26.3 Å². The molecule has 3 rings (SSSR count). The third-order valence-electron chi connectivity index (χ3n) is 4.31. The molecule has 1 amide bonds. The molecule has 2 fully saturated rings. The summed E-state index contributed by atoms with van der Waals surface area (Å²) < 4.78 is 10.5. The molecule has 6 heteroatoms. The van der Waals surface area contributed by atoms with Crippen molar-refractivity contribution in [2.24, 2.45) is 5.41 Å². The Morgan fingerprint density at radius 3 is 3.10 bits per heavy atom. The Morgan fingerprint density at radius 2 is 2.40 bits per heavy atom. The Balaban J connectivity index is 1.54. The molecule has 1 spiro atoms. The van der Waals surface area contributed by atoms with Gasteiger partial charge in [0.1, 0.15) is 5.76 Å². The molecule has 1 aromatic rings. The Morgan fingerprint density at radius 1 is 1.50 bits per heavy atom. The average Bonchev–Trinajstić information content (AvgIpc) is 3.06. The molecule has 0 saturated carbocycles. The fourth-order valence-corrected chi connectivity index (χ4v) is 3.34. The van der Waals surface area contributed by atoms with Crippen molar-refractivity contribution >= 4 is 17.5 Å². The van der Waals surface area contributed by atoms with Gasteiger partial charge in [0.25, 0.3) is 0 Å². The average molecular weight is 299 g/mol. The first-order valence-electron chi connectivity index (χ1n) is 7.14. The van der Waals surface area contributed by atoms with Crippen molar-refractivity contribution in [1.29, 1.82) is 0 Å². The van der Waals surface area contributed by atoms with Crippen molar-refractivity contribution < 1.29 is 14.1 Å². The standard InChI is InChI=1S/C14H19ClN2O3/c15-12-8-11(20-16-12)2-3-13(18)17-6-1-4-14(9-17)5-7-19-10-14/h8H,1-7,9-10H2. The van der Waals surface area contributed by atoms with E-state index >= 15 is 0 Å². The van der Waals surface area contributed by atoms with Gasteiger partial charge >= 0.3 is 0 Å². The highest BCUT2D eigenvalue weighted by Gasteiger charge is 2.40. The van der Waals surface area contributed by atoms with Crippen LogP contribution < -0.4 is 0 Å². The number of halogens is 1. The van der Waals surface area contributed by atoms with Gasteiger partial charge in [0.15, 0.2) is 5.15 Å². The molecule has 1 aromatic heterocycles. The van der Waals surface area contributed by atoms with Gasteiger partial charge in [-0.1, -0.05) is 16.8 Å². The fraction of sp³-hybridized carbons (Fsp3) is 0.714. The van der Waals surface area contributed by atoms with Crippen LogP contribution in [-0.2, 0) is 16.0 Å². The second-order valence-corrected chi connectivity index (χ2v) is 6.22. The third-order valence-corrected chi connectivity index (χ3v) is 4.49. The van der Waals surface area contributed by atoms with Crippen LogP contribution in [0.5, 0.6) is 0 Å². The maximum absolute atomic E-state index is 12.3. The minimum atomic E-state index is 0.184. The molecule has 1 unspecified atom stereocenters. The summed E-state index contributed by atoms with van der Waals surface area (Å²) in [6.45, 7) is 3.33. The van der Waals surface area contributed by atoms with Crippen molar-refractivity contribution in [1.82, 2.24) is 10.1 Å². The van der Waals surface area contributed by atoms with Crippen molar-refractivity contribution in [2.45, 2.75) is 32.1 Å². The molecule has 110 valence electrons. The van der Waals surface area contributed by atoms with Gasteiger partial charge in [-0.2, -0.15) is 0 Å². The largest absolute Gasteiger partial charge is 0.381 e. The van der Waals surface area contributed by atoms with Gasteiger partial charge in [-0.05, 0) is 19.3 Å². The van der Waals surface area contributed by atoms with Crippen LogP contribution in [0, 0.1) is 5.41 Å². The summed E-state index contributed by atoms with van der Waals surface area (Å²) in [4.78, 5) is 14.3. The summed E-state index contributed by atoms with van der Waals surface area (Å²) in [7, 11) is 0. The zero-order valence-electron chi connectivity index (χ0n) is 11.4. The van der Waals surface area contributed by atoms with Crippen LogP contribution >= 0.6 is 11.6 Å². The van der Waals surface area contributed by atoms with Gasteiger partial charge in [-0.15, -0.1) is 0 Å². The number of carbonyl (C=O) groups is 1. The number of aryl methyl sites for hydroxylation is 1. The molecule has 5 nitrogen and oxygen atoms in total. The maximum Gasteiger partial charge on any atom is 0.223 e. The van der Waals surface area contributed by atoms with Crippen molar-refractivity contribution in [3.05, 3.63) is 17.0 Å². The molecule has 2 saturated heterocycles. The van der Waals surface area contributed by atoms with E-state index < -0.39 is 0 Å². The van der Waals surface area contributed by atoms with Gasteiger partial charge in [-0.3, -0.25) is 4.79 Å². The predicted molar refractivity (Wildman–Crippen MR) is 73.5 cm³/mol.